The minimum absolute atomic E-state index is 0.0445. The van der Waals surface area contributed by atoms with E-state index in [4.69, 9.17) is 10.5 Å². The standard InChI is InChI=1S/C11H17N3O2/c1-9(10-2-5-13-6-3-10)14-11(15)8-16-7-4-12/h2-3,5-6,9H,4,7-8,12H2,1H3,(H,14,15)/t9-/m0/s1. The van der Waals surface area contributed by atoms with Crippen LogP contribution in [0.3, 0.4) is 0 Å². The number of rotatable bonds is 6. The first kappa shape index (κ1) is 12.6. The van der Waals surface area contributed by atoms with Crippen LogP contribution in [0.1, 0.15) is 18.5 Å². The summed E-state index contributed by atoms with van der Waals surface area (Å²) in [6.45, 7) is 2.78. The van der Waals surface area contributed by atoms with Crippen molar-refractivity contribution in [2.45, 2.75) is 13.0 Å². The van der Waals surface area contributed by atoms with Crippen molar-refractivity contribution in [1.82, 2.24) is 10.3 Å². The number of nitrogens with one attached hydrogen (secondary N) is 1. The molecule has 1 atom stereocenters. The monoisotopic (exact) mass is 223 g/mol. The van der Waals surface area contributed by atoms with Crippen LogP contribution < -0.4 is 11.1 Å². The molecule has 0 aliphatic carbocycles. The van der Waals surface area contributed by atoms with Crippen LogP contribution in [0.25, 0.3) is 0 Å². The maximum absolute atomic E-state index is 11.4. The average Bonchev–Trinajstić information content (AvgIpc) is 2.30. The molecule has 1 amide bonds. The van der Waals surface area contributed by atoms with Gasteiger partial charge in [0, 0.05) is 18.9 Å². The molecular weight excluding hydrogens is 206 g/mol. The van der Waals surface area contributed by atoms with E-state index in [-0.39, 0.29) is 18.6 Å². The van der Waals surface area contributed by atoms with Gasteiger partial charge in [-0.15, -0.1) is 0 Å². The lowest BCUT2D eigenvalue weighted by Gasteiger charge is -2.13. The molecule has 0 aliphatic heterocycles. The summed E-state index contributed by atoms with van der Waals surface area (Å²) in [7, 11) is 0. The zero-order chi connectivity index (χ0) is 11.8. The molecule has 5 nitrogen and oxygen atoms in total. The fraction of sp³-hybridized carbons (Fsp3) is 0.455. The maximum atomic E-state index is 11.4. The van der Waals surface area contributed by atoms with E-state index in [1.807, 2.05) is 19.1 Å². The normalized spacial score (nSPS) is 12.1. The third-order valence-electron chi connectivity index (χ3n) is 2.08. The highest BCUT2D eigenvalue weighted by Gasteiger charge is 2.08. The first-order valence-corrected chi connectivity index (χ1v) is 5.21. The summed E-state index contributed by atoms with van der Waals surface area (Å²) < 4.78 is 5.03. The number of hydrogen-bond donors (Lipinski definition) is 2. The van der Waals surface area contributed by atoms with Gasteiger partial charge in [-0.05, 0) is 24.6 Å². The molecule has 5 heteroatoms. The van der Waals surface area contributed by atoms with Gasteiger partial charge in [0.2, 0.25) is 5.91 Å². The van der Waals surface area contributed by atoms with Gasteiger partial charge in [0.15, 0.2) is 0 Å². The highest BCUT2D eigenvalue weighted by Crippen LogP contribution is 2.09. The number of carbonyl (C=O) groups excluding carboxylic acids is 1. The Bertz CT molecular complexity index is 316. The van der Waals surface area contributed by atoms with Crippen molar-refractivity contribution in [3.63, 3.8) is 0 Å². The molecule has 0 aliphatic rings. The molecule has 0 saturated heterocycles. The first-order valence-electron chi connectivity index (χ1n) is 5.21. The second-order valence-electron chi connectivity index (χ2n) is 3.41. The molecule has 1 aromatic rings. The summed E-state index contributed by atoms with van der Waals surface area (Å²) in [4.78, 5) is 15.3. The molecule has 0 radical (unpaired) electrons. The Balaban J connectivity index is 2.34. The van der Waals surface area contributed by atoms with Crippen LogP contribution in [0.5, 0.6) is 0 Å². The molecule has 0 unspecified atom stereocenters. The Morgan fingerprint density at radius 3 is 2.88 bits per heavy atom. The van der Waals surface area contributed by atoms with E-state index in [2.05, 4.69) is 10.3 Å². The summed E-state index contributed by atoms with van der Waals surface area (Å²) >= 11 is 0. The van der Waals surface area contributed by atoms with Gasteiger partial charge in [-0.1, -0.05) is 0 Å². The number of ether oxygens (including phenoxy) is 1. The maximum Gasteiger partial charge on any atom is 0.246 e. The fourth-order valence-electron chi connectivity index (χ4n) is 1.27. The third-order valence-corrected chi connectivity index (χ3v) is 2.08. The van der Waals surface area contributed by atoms with Gasteiger partial charge in [0.25, 0.3) is 0 Å². The highest BCUT2D eigenvalue weighted by molar-refractivity contribution is 5.77. The van der Waals surface area contributed by atoms with E-state index in [1.165, 1.54) is 0 Å². The number of nitrogens with two attached hydrogens (primary N) is 1. The van der Waals surface area contributed by atoms with Crippen molar-refractivity contribution in [3.8, 4) is 0 Å². The van der Waals surface area contributed by atoms with Gasteiger partial charge in [-0.25, -0.2) is 0 Å². The molecule has 3 N–H and O–H groups in total. The van der Waals surface area contributed by atoms with Crippen LogP contribution in [0, 0.1) is 0 Å². The van der Waals surface area contributed by atoms with Crippen molar-refractivity contribution >= 4 is 5.91 Å². The van der Waals surface area contributed by atoms with E-state index in [0.29, 0.717) is 13.2 Å². The predicted molar refractivity (Wildman–Crippen MR) is 60.7 cm³/mol. The van der Waals surface area contributed by atoms with Crippen LogP contribution in [-0.4, -0.2) is 30.6 Å². The molecule has 1 aromatic heterocycles. The summed E-state index contributed by atoms with van der Waals surface area (Å²) in [5.41, 5.74) is 6.26. The Morgan fingerprint density at radius 2 is 2.25 bits per heavy atom. The summed E-state index contributed by atoms with van der Waals surface area (Å²) in [6.07, 6.45) is 3.39. The van der Waals surface area contributed by atoms with E-state index in [9.17, 15) is 4.79 Å². The lowest BCUT2D eigenvalue weighted by molar-refractivity contribution is -0.126. The second kappa shape index (κ2) is 6.92. The minimum atomic E-state index is -0.141. The topological polar surface area (TPSA) is 77.2 Å². The smallest absolute Gasteiger partial charge is 0.246 e. The Labute approximate surface area is 95.0 Å². The Hall–Kier alpha value is -1.46. The number of hydrogen-bond acceptors (Lipinski definition) is 4. The van der Waals surface area contributed by atoms with E-state index >= 15 is 0 Å². The van der Waals surface area contributed by atoms with Crippen LogP contribution in [0.4, 0.5) is 0 Å². The van der Waals surface area contributed by atoms with Crippen molar-refractivity contribution in [3.05, 3.63) is 30.1 Å². The molecule has 0 aromatic carbocycles. The quantitative estimate of drug-likeness (QED) is 0.677. The number of aromatic nitrogens is 1. The zero-order valence-corrected chi connectivity index (χ0v) is 9.35. The second-order valence-corrected chi connectivity index (χ2v) is 3.41. The number of nitrogens with zero attached hydrogens (tertiary/aromatic N) is 1. The number of carbonyl (C=O) groups is 1. The number of pyridine rings is 1. The highest BCUT2D eigenvalue weighted by atomic mass is 16.5. The zero-order valence-electron chi connectivity index (χ0n) is 9.35. The van der Waals surface area contributed by atoms with Gasteiger partial charge in [0.1, 0.15) is 6.61 Å². The van der Waals surface area contributed by atoms with Gasteiger partial charge in [-0.3, -0.25) is 9.78 Å². The van der Waals surface area contributed by atoms with Gasteiger partial charge in [0.05, 0.1) is 12.6 Å². The van der Waals surface area contributed by atoms with Crippen molar-refractivity contribution in [1.29, 1.82) is 0 Å². The molecule has 1 heterocycles. The molecule has 0 spiro atoms. The van der Waals surface area contributed by atoms with Crippen molar-refractivity contribution in [2.75, 3.05) is 19.8 Å². The largest absolute Gasteiger partial charge is 0.370 e. The lowest BCUT2D eigenvalue weighted by atomic mass is 10.1. The number of amides is 1. The SMILES string of the molecule is C[C@H](NC(=O)COCCN)c1ccncc1. The van der Waals surface area contributed by atoms with E-state index < -0.39 is 0 Å². The van der Waals surface area contributed by atoms with Crippen molar-refractivity contribution < 1.29 is 9.53 Å². The third kappa shape index (κ3) is 4.37. The summed E-state index contributed by atoms with van der Waals surface area (Å²) in [5, 5.41) is 2.82. The van der Waals surface area contributed by atoms with Gasteiger partial charge in [-0.2, -0.15) is 0 Å². The summed E-state index contributed by atoms with van der Waals surface area (Å²) in [6, 6.07) is 3.69. The minimum Gasteiger partial charge on any atom is -0.370 e. The van der Waals surface area contributed by atoms with E-state index in [1.54, 1.807) is 12.4 Å². The van der Waals surface area contributed by atoms with Gasteiger partial charge >= 0.3 is 0 Å². The van der Waals surface area contributed by atoms with Gasteiger partial charge < -0.3 is 15.8 Å². The first-order chi connectivity index (χ1) is 7.74. The molecule has 88 valence electrons. The Kier molecular flexibility index (Phi) is 5.45. The fourth-order valence-corrected chi connectivity index (χ4v) is 1.27. The average molecular weight is 223 g/mol. The molecule has 16 heavy (non-hydrogen) atoms. The van der Waals surface area contributed by atoms with Crippen LogP contribution >= 0.6 is 0 Å². The van der Waals surface area contributed by atoms with Crippen molar-refractivity contribution in [2.24, 2.45) is 5.73 Å². The van der Waals surface area contributed by atoms with Crippen LogP contribution in [0.15, 0.2) is 24.5 Å². The molecule has 0 fully saturated rings. The molecule has 0 bridgehead atoms. The van der Waals surface area contributed by atoms with E-state index in [0.717, 1.165) is 5.56 Å². The molecule has 0 saturated carbocycles. The molecular formula is C11H17N3O2. The van der Waals surface area contributed by atoms with Crippen LogP contribution in [-0.2, 0) is 9.53 Å². The summed E-state index contributed by atoms with van der Waals surface area (Å²) in [5.74, 6) is -0.141. The molecule has 1 rings (SSSR count). The Morgan fingerprint density at radius 1 is 1.56 bits per heavy atom. The predicted octanol–water partition coefficient (Wildman–Crippen LogP) is 0.234. The van der Waals surface area contributed by atoms with Crippen LogP contribution in [0.2, 0.25) is 0 Å². The lowest BCUT2D eigenvalue weighted by Crippen LogP contribution is -2.30.